The number of hydrogen-bond acceptors (Lipinski definition) is 4. The van der Waals surface area contributed by atoms with E-state index in [1.165, 1.54) is 6.20 Å². The van der Waals surface area contributed by atoms with Crippen LogP contribution in [0.15, 0.2) is 59.6 Å². The van der Waals surface area contributed by atoms with Crippen molar-refractivity contribution < 1.29 is 18.0 Å². The van der Waals surface area contributed by atoms with Gasteiger partial charge in [-0.05, 0) is 37.3 Å². The summed E-state index contributed by atoms with van der Waals surface area (Å²) in [6.07, 6.45) is 3.46. The number of rotatable bonds is 7. The predicted octanol–water partition coefficient (Wildman–Crippen LogP) is 3.30. The molecule has 1 aromatic heterocycles. The molecule has 180 valence electrons. The first-order valence-electron chi connectivity index (χ1n) is 11.6. The smallest absolute Gasteiger partial charge is 0.242 e. The van der Waals surface area contributed by atoms with Crippen molar-refractivity contribution in [1.29, 1.82) is 0 Å². The molecule has 0 spiro atoms. The number of aryl methyl sites for hydroxylation is 1. The Hall–Kier alpha value is -3.13. The Bertz CT molecular complexity index is 1290. The number of likely N-dealkylation sites (tertiary alicyclic amines) is 1. The van der Waals surface area contributed by atoms with Crippen LogP contribution in [0.3, 0.4) is 0 Å². The van der Waals surface area contributed by atoms with Gasteiger partial charge in [0.15, 0.2) is 9.84 Å². The fourth-order valence-corrected chi connectivity index (χ4v) is 5.70. The number of hydrogen-bond donors (Lipinski definition) is 1. The number of para-hydroxylation sites is 1. The fraction of sp³-hybridized carbons (Fsp3) is 0.385. The van der Waals surface area contributed by atoms with Crippen molar-refractivity contribution >= 4 is 32.6 Å². The highest BCUT2D eigenvalue weighted by Gasteiger charge is 2.26. The molecule has 2 aromatic carbocycles. The largest absolute Gasteiger partial charge is 0.351 e. The van der Waals surface area contributed by atoms with Gasteiger partial charge in [-0.3, -0.25) is 9.59 Å². The number of nitrogens with zero attached hydrogens (tertiary/aromatic N) is 2. The van der Waals surface area contributed by atoms with Gasteiger partial charge in [0.25, 0.3) is 0 Å². The van der Waals surface area contributed by atoms with Gasteiger partial charge in [0.05, 0.1) is 4.90 Å². The van der Waals surface area contributed by atoms with Crippen LogP contribution in [0.2, 0.25) is 0 Å². The summed E-state index contributed by atoms with van der Waals surface area (Å²) >= 11 is 0. The average Bonchev–Trinajstić information content (AvgIpc) is 3.18. The lowest BCUT2D eigenvalue weighted by Crippen LogP contribution is -2.39. The number of amides is 2. The van der Waals surface area contributed by atoms with Crippen LogP contribution >= 0.6 is 0 Å². The number of carbonyl (C=O) groups is 2. The van der Waals surface area contributed by atoms with Crippen LogP contribution in [-0.4, -0.2) is 48.5 Å². The highest BCUT2D eigenvalue weighted by Crippen LogP contribution is 2.27. The Kier molecular flexibility index (Phi) is 7.07. The van der Waals surface area contributed by atoms with Gasteiger partial charge >= 0.3 is 0 Å². The minimum atomic E-state index is -3.90. The van der Waals surface area contributed by atoms with Crippen LogP contribution in [0, 0.1) is 12.8 Å². The molecule has 2 heterocycles. The van der Waals surface area contributed by atoms with Gasteiger partial charge in [-0.25, -0.2) is 8.42 Å². The molecule has 1 N–H and O–H groups in total. The number of sulfone groups is 1. The maximum Gasteiger partial charge on any atom is 0.242 e. The van der Waals surface area contributed by atoms with Crippen molar-refractivity contribution in [3.63, 3.8) is 0 Å². The maximum atomic E-state index is 13.2. The van der Waals surface area contributed by atoms with Crippen LogP contribution in [0.25, 0.3) is 10.9 Å². The molecule has 1 saturated heterocycles. The molecule has 7 nitrogen and oxygen atoms in total. The topological polar surface area (TPSA) is 88.5 Å². The summed E-state index contributed by atoms with van der Waals surface area (Å²) in [6, 6.07) is 14.8. The van der Waals surface area contributed by atoms with Gasteiger partial charge in [-0.2, -0.15) is 0 Å². The first-order valence-corrected chi connectivity index (χ1v) is 13.3. The van der Waals surface area contributed by atoms with Crippen LogP contribution in [-0.2, 0) is 32.5 Å². The van der Waals surface area contributed by atoms with Crippen LogP contribution < -0.4 is 5.32 Å². The Morgan fingerprint density at radius 1 is 1.03 bits per heavy atom. The standard InChI is InChI=1S/C26H31N3O4S/c1-19-7-9-21(10-8-19)15-27-25(30)18-34(32,33)24-16-29(23-6-4-3-5-22(23)24)17-26(31)28-13-11-20(2)12-14-28/h3-10,16,20H,11-15,17-18H2,1-2H3,(H,27,30). The number of nitrogens with one attached hydrogen (secondary N) is 1. The van der Waals surface area contributed by atoms with E-state index in [0.717, 1.165) is 37.1 Å². The third kappa shape index (κ3) is 5.50. The van der Waals surface area contributed by atoms with Crippen LogP contribution in [0.1, 0.15) is 30.9 Å². The molecule has 0 aliphatic carbocycles. The third-order valence-corrected chi connectivity index (χ3v) is 8.10. The highest BCUT2D eigenvalue weighted by molar-refractivity contribution is 7.92. The lowest BCUT2D eigenvalue weighted by atomic mass is 9.99. The van der Waals surface area contributed by atoms with E-state index in [1.54, 1.807) is 22.8 Å². The van der Waals surface area contributed by atoms with Crippen molar-refractivity contribution in [2.45, 2.75) is 44.7 Å². The summed E-state index contributed by atoms with van der Waals surface area (Å²) in [5, 5.41) is 3.21. The predicted molar refractivity (Wildman–Crippen MR) is 132 cm³/mol. The van der Waals surface area contributed by atoms with Crippen LogP contribution in [0.4, 0.5) is 0 Å². The van der Waals surface area contributed by atoms with Crippen LogP contribution in [0.5, 0.6) is 0 Å². The van der Waals surface area contributed by atoms with Gasteiger partial charge in [-0.15, -0.1) is 0 Å². The van der Waals surface area contributed by atoms with Crippen molar-refractivity contribution in [2.24, 2.45) is 5.92 Å². The molecule has 1 aliphatic rings. The van der Waals surface area contributed by atoms with Gasteiger partial charge in [0.1, 0.15) is 12.3 Å². The van der Waals surface area contributed by atoms with E-state index in [2.05, 4.69) is 12.2 Å². The first-order chi connectivity index (χ1) is 16.2. The summed E-state index contributed by atoms with van der Waals surface area (Å²) < 4.78 is 28.0. The van der Waals surface area contributed by atoms with E-state index < -0.39 is 21.5 Å². The Morgan fingerprint density at radius 3 is 2.41 bits per heavy atom. The van der Waals surface area contributed by atoms with E-state index in [-0.39, 0.29) is 23.9 Å². The number of carbonyl (C=O) groups excluding carboxylic acids is 2. The SMILES string of the molecule is Cc1ccc(CNC(=O)CS(=O)(=O)c2cn(CC(=O)N3CCC(C)CC3)c3ccccc23)cc1. The zero-order chi connectivity index (χ0) is 24.3. The summed E-state index contributed by atoms with van der Waals surface area (Å²) in [6.45, 7) is 5.96. The quantitative estimate of drug-likeness (QED) is 0.561. The zero-order valence-corrected chi connectivity index (χ0v) is 20.5. The molecule has 2 amide bonds. The molecule has 8 heteroatoms. The van der Waals surface area contributed by atoms with E-state index in [4.69, 9.17) is 0 Å². The molecular formula is C26H31N3O4S. The molecule has 1 aliphatic heterocycles. The molecule has 34 heavy (non-hydrogen) atoms. The van der Waals surface area contributed by atoms with Crippen molar-refractivity contribution in [3.05, 3.63) is 65.9 Å². The Labute approximate surface area is 200 Å². The zero-order valence-electron chi connectivity index (χ0n) is 19.7. The van der Waals surface area contributed by atoms with Gasteiger partial charge in [0.2, 0.25) is 11.8 Å². The van der Waals surface area contributed by atoms with E-state index in [9.17, 15) is 18.0 Å². The van der Waals surface area contributed by atoms with E-state index in [0.29, 0.717) is 16.8 Å². The second kappa shape index (κ2) is 10.0. The lowest BCUT2D eigenvalue weighted by molar-refractivity contribution is -0.133. The second-order valence-electron chi connectivity index (χ2n) is 9.22. The second-order valence-corrected chi connectivity index (χ2v) is 11.2. The minimum Gasteiger partial charge on any atom is -0.351 e. The fourth-order valence-electron chi connectivity index (χ4n) is 4.30. The Morgan fingerprint density at radius 2 is 1.71 bits per heavy atom. The van der Waals surface area contributed by atoms with E-state index in [1.807, 2.05) is 42.2 Å². The monoisotopic (exact) mass is 481 g/mol. The summed E-state index contributed by atoms with van der Waals surface area (Å²) in [5.41, 5.74) is 2.68. The molecule has 0 atom stereocenters. The number of aromatic nitrogens is 1. The summed E-state index contributed by atoms with van der Waals surface area (Å²) in [4.78, 5) is 27.3. The first kappa shape index (κ1) is 24.0. The minimum absolute atomic E-state index is 0.0209. The molecule has 3 aromatic rings. The molecule has 0 bridgehead atoms. The lowest BCUT2D eigenvalue weighted by Gasteiger charge is -2.30. The van der Waals surface area contributed by atoms with E-state index >= 15 is 0 Å². The molecule has 0 saturated carbocycles. The normalized spacial score (nSPS) is 14.9. The maximum absolute atomic E-state index is 13.2. The molecule has 1 fully saturated rings. The van der Waals surface area contributed by atoms with Crippen molar-refractivity contribution in [3.8, 4) is 0 Å². The molecule has 0 unspecified atom stereocenters. The third-order valence-electron chi connectivity index (χ3n) is 6.46. The highest BCUT2D eigenvalue weighted by atomic mass is 32.2. The van der Waals surface area contributed by atoms with Gasteiger partial charge in [-0.1, -0.05) is 55.0 Å². The van der Waals surface area contributed by atoms with Gasteiger partial charge in [0, 0.05) is 36.7 Å². The summed E-state index contributed by atoms with van der Waals surface area (Å²) in [5.74, 6) is -0.612. The molecule has 4 rings (SSSR count). The number of benzene rings is 2. The summed E-state index contributed by atoms with van der Waals surface area (Å²) in [7, 11) is -3.90. The number of piperidine rings is 1. The van der Waals surface area contributed by atoms with Gasteiger partial charge < -0.3 is 14.8 Å². The molecular weight excluding hydrogens is 450 g/mol. The average molecular weight is 482 g/mol. The Balaban J connectivity index is 1.49. The van der Waals surface area contributed by atoms with Crippen molar-refractivity contribution in [1.82, 2.24) is 14.8 Å². The molecule has 0 radical (unpaired) electrons. The number of fused-ring (bicyclic) bond motifs is 1. The van der Waals surface area contributed by atoms with Crippen molar-refractivity contribution in [2.75, 3.05) is 18.8 Å².